The van der Waals surface area contributed by atoms with Crippen LogP contribution >= 0.6 is 0 Å². The Morgan fingerprint density at radius 1 is 0.950 bits per heavy atom. The summed E-state index contributed by atoms with van der Waals surface area (Å²) in [5, 5.41) is 41.3. The molecule has 13 N–H and O–H groups in total. The highest BCUT2D eigenvalue weighted by Crippen LogP contribution is 2.12. The normalized spacial score (nSPS) is 22.0. The number of phenolic OH excluding ortho intramolecular Hbond substituents is 1. The molecule has 0 bridgehead atoms. The first-order chi connectivity index (χ1) is 19.2. The van der Waals surface area contributed by atoms with Crippen molar-refractivity contribution >= 4 is 17.8 Å². The van der Waals surface area contributed by atoms with Gasteiger partial charge in [0.1, 0.15) is 17.5 Å². The maximum Gasteiger partial charge on any atom is 0.326 e. The lowest BCUT2D eigenvalue weighted by Gasteiger charge is -2.37. The quantitative estimate of drug-likeness (QED) is 0.112. The van der Waals surface area contributed by atoms with Crippen LogP contribution in [0.3, 0.4) is 0 Å². The Morgan fingerprint density at radius 3 is 2.10 bits per heavy atom. The summed E-state index contributed by atoms with van der Waals surface area (Å²) in [4.78, 5) is 37.1. The molecule has 226 valence electrons. The predicted octanol–water partition coefficient (Wildman–Crippen LogP) is -3.27. The summed E-state index contributed by atoms with van der Waals surface area (Å²) in [5.74, 6) is -1.76. The molecule has 0 spiro atoms. The van der Waals surface area contributed by atoms with Crippen molar-refractivity contribution in [3.8, 4) is 5.75 Å². The molecule has 1 aliphatic rings. The Balaban J connectivity index is 1.88. The molecule has 0 aliphatic carbocycles. The summed E-state index contributed by atoms with van der Waals surface area (Å²) < 4.78 is 0. The topological polar surface area (TPSA) is 228 Å². The van der Waals surface area contributed by atoms with Gasteiger partial charge in [0.25, 0.3) is 0 Å². The van der Waals surface area contributed by atoms with Gasteiger partial charge in [0.05, 0.1) is 0 Å². The summed E-state index contributed by atoms with van der Waals surface area (Å²) >= 11 is 0. The Bertz CT molecular complexity index is 887. The second-order valence-electron chi connectivity index (χ2n) is 10.1. The van der Waals surface area contributed by atoms with Gasteiger partial charge >= 0.3 is 5.97 Å². The molecule has 1 saturated heterocycles. The number of carboxylic acid groups (broad SMARTS) is 1. The van der Waals surface area contributed by atoms with E-state index in [4.69, 9.17) is 11.5 Å². The molecule has 0 unspecified atom stereocenters. The van der Waals surface area contributed by atoms with E-state index in [2.05, 4.69) is 37.2 Å². The number of amides is 2. The van der Waals surface area contributed by atoms with E-state index in [0.717, 1.165) is 13.1 Å². The van der Waals surface area contributed by atoms with Crippen molar-refractivity contribution in [2.75, 3.05) is 65.4 Å². The van der Waals surface area contributed by atoms with E-state index in [9.17, 15) is 24.6 Å². The number of aliphatic carboxylic acids is 1. The van der Waals surface area contributed by atoms with Crippen molar-refractivity contribution in [2.45, 2.75) is 43.4 Å². The van der Waals surface area contributed by atoms with E-state index in [1.165, 1.54) is 12.1 Å². The van der Waals surface area contributed by atoms with Crippen molar-refractivity contribution in [1.82, 2.24) is 37.2 Å². The van der Waals surface area contributed by atoms with Crippen LogP contribution in [0.15, 0.2) is 24.3 Å². The minimum Gasteiger partial charge on any atom is -0.508 e. The average Bonchev–Trinajstić information content (AvgIpc) is 2.91. The number of hydrogen-bond acceptors (Lipinski definition) is 11. The zero-order valence-corrected chi connectivity index (χ0v) is 23.1. The molecule has 2 rings (SSSR count). The largest absolute Gasteiger partial charge is 0.508 e. The van der Waals surface area contributed by atoms with Gasteiger partial charge in [0.2, 0.25) is 11.8 Å². The number of phenols is 1. The van der Waals surface area contributed by atoms with E-state index < -0.39 is 23.6 Å². The van der Waals surface area contributed by atoms with E-state index in [0.29, 0.717) is 57.9 Å². The zero-order chi connectivity index (χ0) is 29.2. The molecule has 0 radical (unpaired) electrons. The van der Waals surface area contributed by atoms with Crippen LogP contribution in [-0.2, 0) is 20.8 Å². The van der Waals surface area contributed by atoms with Gasteiger partial charge in [-0.25, -0.2) is 4.79 Å². The van der Waals surface area contributed by atoms with Crippen LogP contribution < -0.4 is 48.7 Å². The first-order valence-corrected chi connectivity index (χ1v) is 13.9. The number of hydrogen-bond donors (Lipinski definition) is 11. The third kappa shape index (κ3) is 13.5. The van der Waals surface area contributed by atoms with Crippen molar-refractivity contribution in [1.29, 1.82) is 0 Å². The maximum atomic E-state index is 12.9. The molecule has 14 heteroatoms. The SMILES string of the molecule is NCCNC1(NC(=O)CCCC(=O)N[C@@H](Cc2ccc(O)cc2)C(=O)O)CNCCNCC(N)CNCCNC1. The number of carbonyl (C=O) groups excluding carboxylic acids is 2. The van der Waals surface area contributed by atoms with Crippen molar-refractivity contribution in [2.24, 2.45) is 11.5 Å². The van der Waals surface area contributed by atoms with Crippen LogP contribution in [0.5, 0.6) is 5.75 Å². The predicted molar refractivity (Wildman–Crippen MR) is 153 cm³/mol. The molecular weight excluding hydrogens is 518 g/mol. The molecule has 1 heterocycles. The molecule has 1 fully saturated rings. The van der Waals surface area contributed by atoms with Gasteiger partial charge in [-0.1, -0.05) is 12.1 Å². The molecular formula is C26H47N9O5. The monoisotopic (exact) mass is 565 g/mol. The second kappa shape index (κ2) is 18.5. The molecule has 1 atom stereocenters. The van der Waals surface area contributed by atoms with E-state index in [1.807, 2.05) is 0 Å². The number of nitrogens with two attached hydrogens (primary N) is 2. The van der Waals surface area contributed by atoms with E-state index >= 15 is 0 Å². The third-order valence-corrected chi connectivity index (χ3v) is 6.43. The Morgan fingerprint density at radius 2 is 1.52 bits per heavy atom. The summed E-state index contributed by atoms with van der Waals surface area (Å²) in [6, 6.07) is 5.05. The van der Waals surface area contributed by atoms with Gasteiger partial charge in [-0.15, -0.1) is 0 Å². The lowest BCUT2D eigenvalue weighted by atomic mass is 10.1. The first-order valence-electron chi connectivity index (χ1n) is 13.9. The molecule has 40 heavy (non-hydrogen) atoms. The van der Waals surface area contributed by atoms with Crippen molar-refractivity contribution in [3.63, 3.8) is 0 Å². The average molecular weight is 566 g/mol. The lowest BCUT2D eigenvalue weighted by molar-refractivity contribution is -0.141. The highest BCUT2D eigenvalue weighted by atomic mass is 16.4. The molecule has 1 aromatic rings. The van der Waals surface area contributed by atoms with Crippen molar-refractivity contribution < 1.29 is 24.6 Å². The number of carbonyl (C=O) groups is 3. The first kappa shape index (κ1) is 33.4. The third-order valence-electron chi connectivity index (χ3n) is 6.43. The minimum absolute atomic E-state index is 0.00593. The highest BCUT2D eigenvalue weighted by molar-refractivity contribution is 5.84. The molecule has 0 saturated carbocycles. The summed E-state index contributed by atoms with van der Waals surface area (Å²) in [5.41, 5.74) is 11.7. The number of aromatic hydroxyl groups is 1. The number of carboxylic acids is 1. The van der Waals surface area contributed by atoms with E-state index in [1.54, 1.807) is 12.1 Å². The number of nitrogens with one attached hydrogen (secondary N) is 7. The highest BCUT2D eigenvalue weighted by Gasteiger charge is 2.30. The Kier molecular flexibility index (Phi) is 15.4. The van der Waals surface area contributed by atoms with Crippen LogP contribution in [0.4, 0.5) is 0 Å². The maximum absolute atomic E-state index is 12.9. The fourth-order valence-corrected chi connectivity index (χ4v) is 4.31. The van der Waals surface area contributed by atoms with Crippen LogP contribution in [0, 0.1) is 0 Å². The minimum atomic E-state index is -1.16. The van der Waals surface area contributed by atoms with Crippen LogP contribution in [0.2, 0.25) is 0 Å². The zero-order valence-electron chi connectivity index (χ0n) is 23.1. The lowest BCUT2D eigenvalue weighted by Crippen LogP contribution is -2.69. The molecule has 14 nitrogen and oxygen atoms in total. The summed E-state index contributed by atoms with van der Waals surface area (Å²) in [6.07, 6.45) is 0.433. The number of benzene rings is 1. The number of rotatable bonds is 12. The van der Waals surface area contributed by atoms with Crippen LogP contribution in [-0.4, -0.2) is 111 Å². The molecule has 0 aromatic heterocycles. The van der Waals surface area contributed by atoms with Gasteiger partial charge in [-0.05, 0) is 24.1 Å². The van der Waals surface area contributed by atoms with Crippen molar-refractivity contribution in [3.05, 3.63) is 29.8 Å². The smallest absolute Gasteiger partial charge is 0.326 e. The van der Waals surface area contributed by atoms with Gasteiger partial charge in [-0.3, -0.25) is 14.9 Å². The van der Waals surface area contributed by atoms with Crippen LogP contribution in [0.25, 0.3) is 0 Å². The van der Waals surface area contributed by atoms with Gasteiger partial charge in [0, 0.05) is 90.8 Å². The van der Waals surface area contributed by atoms with Crippen LogP contribution in [0.1, 0.15) is 24.8 Å². The fraction of sp³-hybridized carbons (Fsp3) is 0.654. The summed E-state index contributed by atoms with van der Waals surface area (Å²) in [7, 11) is 0. The van der Waals surface area contributed by atoms with Gasteiger partial charge < -0.3 is 53.6 Å². The Labute approximate surface area is 235 Å². The van der Waals surface area contributed by atoms with Gasteiger partial charge in [0.15, 0.2) is 0 Å². The molecule has 1 aliphatic heterocycles. The molecule has 2 amide bonds. The molecule has 1 aromatic carbocycles. The summed E-state index contributed by atoms with van der Waals surface area (Å²) in [6.45, 7) is 6.00. The fourth-order valence-electron chi connectivity index (χ4n) is 4.31. The van der Waals surface area contributed by atoms with Gasteiger partial charge in [-0.2, -0.15) is 0 Å². The van der Waals surface area contributed by atoms with E-state index in [-0.39, 0.29) is 43.4 Å². The standard InChI is InChI=1S/C26H47N9O5/c27-8-9-33-26(17-31-12-10-29-15-20(28)16-30-11-13-32-18-26)35-24(38)3-1-2-23(37)34-22(25(39)40)14-19-4-6-21(36)7-5-19/h4-7,20,22,29-33,36H,1-3,8-18,27-28H2,(H,34,37)(H,35,38)(H,39,40)/t20?,22-,26?/m0/s1. The second-order valence-corrected chi connectivity index (χ2v) is 10.1. The Hall–Kier alpha value is -2.85.